The van der Waals surface area contributed by atoms with Gasteiger partial charge in [-0.15, -0.1) is 0 Å². The van der Waals surface area contributed by atoms with E-state index in [0.29, 0.717) is 6.61 Å². The highest BCUT2D eigenvalue weighted by atomic mass is 31.2. The molecule has 0 aliphatic heterocycles. The Labute approximate surface area is 72.5 Å². The molecule has 0 saturated carbocycles. The van der Waals surface area contributed by atoms with Crippen molar-refractivity contribution in [1.82, 2.24) is 4.67 Å². The van der Waals surface area contributed by atoms with Crippen LogP contribution in [0.25, 0.3) is 0 Å². The van der Waals surface area contributed by atoms with Crippen LogP contribution in [0.4, 0.5) is 0 Å². The normalized spacial score (nSPS) is 15.2. The maximum atomic E-state index is 10.8. The Hall–Kier alpha value is 0.0700. The Bertz CT molecular complexity index is 169. The molecule has 0 saturated heterocycles. The molecular formula is C6H16NO4P. The molecule has 0 aromatic rings. The summed E-state index contributed by atoms with van der Waals surface area (Å²) in [4.78, 5) is 17.7. The molecule has 0 heterocycles. The molecule has 1 unspecified atom stereocenters. The summed E-state index contributed by atoms with van der Waals surface area (Å²) in [5.41, 5.74) is 0. The van der Waals surface area contributed by atoms with Gasteiger partial charge in [-0.25, -0.2) is 4.57 Å². The van der Waals surface area contributed by atoms with Crippen molar-refractivity contribution in [2.24, 2.45) is 0 Å². The van der Waals surface area contributed by atoms with Crippen LogP contribution < -0.4 is 0 Å². The lowest BCUT2D eigenvalue weighted by Gasteiger charge is -2.27. The van der Waals surface area contributed by atoms with Crippen LogP contribution in [0.2, 0.25) is 0 Å². The Kier molecular flexibility index (Phi) is 4.97. The highest BCUT2D eigenvalue weighted by Gasteiger charge is 2.28. The molecule has 0 aliphatic carbocycles. The fraction of sp³-hybridized carbons (Fsp3) is 1.00. The summed E-state index contributed by atoms with van der Waals surface area (Å²) >= 11 is 0. The average Bonchev–Trinajstić information content (AvgIpc) is 1.85. The van der Waals surface area contributed by atoms with E-state index >= 15 is 0 Å². The molecule has 5 nitrogen and oxygen atoms in total. The van der Waals surface area contributed by atoms with Crippen LogP contribution in [0, 0.1) is 0 Å². The van der Waals surface area contributed by atoms with Crippen molar-refractivity contribution in [3.05, 3.63) is 0 Å². The molecule has 12 heavy (non-hydrogen) atoms. The minimum Gasteiger partial charge on any atom is -0.363 e. The van der Waals surface area contributed by atoms with Gasteiger partial charge in [0, 0.05) is 13.2 Å². The van der Waals surface area contributed by atoms with E-state index in [0.717, 1.165) is 4.67 Å². The number of hydrogen-bond donors (Lipinski definition) is 2. The second-order valence-corrected chi connectivity index (χ2v) is 3.86. The Morgan fingerprint density at radius 3 is 2.25 bits per heavy atom. The van der Waals surface area contributed by atoms with Crippen molar-refractivity contribution >= 4 is 7.75 Å². The molecular weight excluding hydrogens is 181 g/mol. The first-order valence-corrected chi connectivity index (χ1v) is 5.44. The van der Waals surface area contributed by atoms with E-state index < -0.39 is 14.0 Å². The van der Waals surface area contributed by atoms with Gasteiger partial charge in [0.05, 0.1) is 0 Å². The fourth-order valence-corrected chi connectivity index (χ4v) is 1.84. The van der Waals surface area contributed by atoms with Crippen molar-refractivity contribution in [3.8, 4) is 0 Å². The quantitative estimate of drug-likeness (QED) is 0.503. The minimum atomic E-state index is -4.15. The molecule has 0 radical (unpaired) electrons. The van der Waals surface area contributed by atoms with Gasteiger partial charge in [0.2, 0.25) is 0 Å². The maximum Gasteiger partial charge on any atom is 0.405 e. The summed E-state index contributed by atoms with van der Waals surface area (Å²) in [5, 5.41) is 0. The Morgan fingerprint density at radius 2 is 2.00 bits per heavy atom. The van der Waals surface area contributed by atoms with Crippen LogP contribution in [-0.2, 0) is 9.30 Å². The smallest absolute Gasteiger partial charge is 0.363 e. The third-order valence-electron chi connectivity index (χ3n) is 1.49. The SMILES string of the molecule is CCOC(C)N(CC)P(=O)(O)O. The summed E-state index contributed by atoms with van der Waals surface area (Å²) in [5.74, 6) is 0. The van der Waals surface area contributed by atoms with Crippen LogP contribution in [0.15, 0.2) is 0 Å². The molecule has 0 rings (SSSR count). The second-order valence-electron chi connectivity index (χ2n) is 2.32. The monoisotopic (exact) mass is 197 g/mol. The van der Waals surface area contributed by atoms with E-state index in [9.17, 15) is 4.57 Å². The molecule has 0 spiro atoms. The van der Waals surface area contributed by atoms with Gasteiger partial charge in [0.15, 0.2) is 0 Å². The molecule has 0 aromatic carbocycles. The van der Waals surface area contributed by atoms with E-state index in [4.69, 9.17) is 14.5 Å². The standard InChI is InChI=1S/C6H16NO4P/c1-4-7(12(8,9)10)6(3)11-5-2/h6H,4-5H2,1-3H3,(H2,8,9,10). The molecule has 0 amide bonds. The predicted octanol–water partition coefficient (Wildman–Crippen LogP) is 0.783. The summed E-state index contributed by atoms with van der Waals surface area (Å²) in [6.45, 7) is 5.79. The van der Waals surface area contributed by atoms with Gasteiger partial charge in [-0.05, 0) is 13.8 Å². The average molecular weight is 197 g/mol. The molecule has 6 heteroatoms. The van der Waals surface area contributed by atoms with Crippen molar-refractivity contribution in [1.29, 1.82) is 0 Å². The summed E-state index contributed by atoms with van der Waals surface area (Å²) in [6, 6.07) is 0. The largest absolute Gasteiger partial charge is 0.405 e. The van der Waals surface area contributed by atoms with E-state index in [1.807, 2.05) is 0 Å². The lowest BCUT2D eigenvalue weighted by molar-refractivity contribution is -0.00935. The molecule has 74 valence electrons. The third kappa shape index (κ3) is 3.65. The van der Waals surface area contributed by atoms with Gasteiger partial charge in [0.1, 0.15) is 6.23 Å². The van der Waals surface area contributed by atoms with Crippen LogP contribution in [0.5, 0.6) is 0 Å². The van der Waals surface area contributed by atoms with Gasteiger partial charge in [0.25, 0.3) is 0 Å². The molecule has 0 aromatic heterocycles. The first kappa shape index (κ1) is 12.1. The second kappa shape index (κ2) is 4.94. The molecule has 1 atom stereocenters. The fourth-order valence-electron chi connectivity index (χ4n) is 0.980. The number of hydrogen-bond acceptors (Lipinski definition) is 2. The van der Waals surface area contributed by atoms with Crippen LogP contribution >= 0.6 is 7.75 Å². The number of rotatable bonds is 5. The highest BCUT2D eigenvalue weighted by molar-refractivity contribution is 7.49. The maximum absolute atomic E-state index is 10.8. The van der Waals surface area contributed by atoms with Crippen LogP contribution in [-0.4, -0.2) is 33.8 Å². The van der Waals surface area contributed by atoms with E-state index in [1.54, 1.807) is 20.8 Å². The van der Waals surface area contributed by atoms with Crippen molar-refractivity contribution < 1.29 is 19.1 Å². The van der Waals surface area contributed by atoms with E-state index in [2.05, 4.69) is 0 Å². The zero-order valence-electron chi connectivity index (χ0n) is 7.60. The molecule has 0 fully saturated rings. The first-order chi connectivity index (χ1) is 5.43. The van der Waals surface area contributed by atoms with Gasteiger partial charge < -0.3 is 14.5 Å². The van der Waals surface area contributed by atoms with E-state index in [-0.39, 0.29) is 6.54 Å². The molecule has 2 N–H and O–H groups in total. The highest BCUT2D eigenvalue weighted by Crippen LogP contribution is 2.41. The van der Waals surface area contributed by atoms with Crippen molar-refractivity contribution in [2.45, 2.75) is 27.0 Å². The summed E-state index contributed by atoms with van der Waals surface area (Å²) in [7, 11) is -4.15. The Morgan fingerprint density at radius 1 is 1.50 bits per heavy atom. The first-order valence-electron chi connectivity index (χ1n) is 3.87. The van der Waals surface area contributed by atoms with Gasteiger partial charge in [-0.2, -0.15) is 4.67 Å². The van der Waals surface area contributed by atoms with Crippen molar-refractivity contribution in [3.63, 3.8) is 0 Å². The lowest BCUT2D eigenvalue weighted by Crippen LogP contribution is -2.32. The molecule has 0 aliphatic rings. The number of ether oxygens (including phenoxy) is 1. The minimum absolute atomic E-state index is 0.269. The predicted molar refractivity (Wildman–Crippen MR) is 45.5 cm³/mol. The molecule has 0 bridgehead atoms. The van der Waals surface area contributed by atoms with Gasteiger partial charge in [-0.1, -0.05) is 6.92 Å². The summed E-state index contributed by atoms with van der Waals surface area (Å²) < 4.78 is 16.9. The van der Waals surface area contributed by atoms with Gasteiger partial charge >= 0.3 is 7.75 Å². The van der Waals surface area contributed by atoms with Gasteiger partial charge in [-0.3, -0.25) is 0 Å². The number of nitrogens with zero attached hydrogens (tertiary/aromatic N) is 1. The van der Waals surface area contributed by atoms with Crippen molar-refractivity contribution in [2.75, 3.05) is 13.2 Å². The topological polar surface area (TPSA) is 70.0 Å². The zero-order chi connectivity index (χ0) is 9.78. The third-order valence-corrected chi connectivity index (χ3v) is 2.76. The van der Waals surface area contributed by atoms with E-state index in [1.165, 1.54) is 0 Å². The zero-order valence-corrected chi connectivity index (χ0v) is 8.49. The lowest BCUT2D eigenvalue weighted by atomic mass is 10.6. The Balaban J connectivity index is 4.25. The van der Waals surface area contributed by atoms with Crippen LogP contribution in [0.1, 0.15) is 20.8 Å². The summed E-state index contributed by atoms with van der Waals surface area (Å²) in [6.07, 6.45) is -0.541. The van der Waals surface area contributed by atoms with Crippen LogP contribution in [0.3, 0.4) is 0 Å².